The standard InChI is InChI=1S/C16H16BrN3S/c1-9-4-5-11(8-10(9)2)13-14(19-20(3)16(13)18)15-12(17)6-7-21-15/h4-8H,18H2,1-3H3. The van der Waals surface area contributed by atoms with Gasteiger partial charge in [-0.15, -0.1) is 11.3 Å². The molecule has 21 heavy (non-hydrogen) atoms. The largest absolute Gasteiger partial charge is 0.383 e. The number of aryl methyl sites for hydroxylation is 3. The van der Waals surface area contributed by atoms with Crippen molar-refractivity contribution in [2.75, 3.05) is 5.73 Å². The number of aromatic nitrogens is 2. The number of nitrogen functional groups attached to an aromatic ring is 1. The van der Waals surface area contributed by atoms with Crippen LogP contribution in [0.1, 0.15) is 11.1 Å². The molecule has 0 saturated carbocycles. The Morgan fingerprint density at radius 2 is 1.95 bits per heavy atom. The van der Waals surface area contributed by atoms with Crippen LogP contribution < -0.4 is 5.73 Å². The second kappa shape index (κ2) is 5.31. The van der Waals surface area contributed by atoms with Gasteiger partial charge in [0.25, 0.3) is 0 Å². The molecular formula is C16H16BrN3S. The first-order chi connectivity index (χ1) is 9.99. The molecular weight excluding hydrogens is 346 g/mol. The van der Waals surface area contributed by atoms with Gasteiger partial charge in [-0.05, 0) is 57.9 Å². The Morgan fingerprint density at radius 3 is 2.57 bits per heavy atom. The van der Waals surface area contributed by atoms with Crippen molar-refractivity contribution < 1.29 is 0 Å². The van der Waals surface area contributed by atoms with Crippen LogP contribution in [0.15, 0.2) is 34.1 Å². The third kappa shape index (κ3) is 2.40. The smallest absolute Gasteiger partial charge is 0.129 e. The number of nitrogens with zero attached hydrogens (tertiary/aromatic N) is 2. The third-order valence-electron chi connectivity index (χ3n) is 3.72. The van der Waals surface area contributed by atoms with Crippen LogP contribution in [-0.2, 0) is 7.05 Å². The summed E-state index contributed by atoms with van der Waals surface area (Å²) in [5.41, 5.74) is 11.8. The van der Waals surface area contributed by atoms with Crippen LogP contribution in [0.3, 0.4) is 0 Å². The molecule has 3 aromatic rings. The summed E-state index contributed by atoms with van der Waals surface area (Å²) >= 11 is 5.25. The number of rotatable bonds is 2. The molecule has 2 N–H and O–H groups in total. The van der Waals surface area contributed by atoms with Gasteiger partial charge < -0.3 is 5.73 Å². The predicted molar refractivity (Wildman–Crippen MR) is 93.5 cm³/mol. The number of thiophene rings is 1. The van der Waals surface area contributed by atoms with Crippen molar-refractivity contribution in [1.29, 1.82) is 0 Å². The average molecular weight is 362 g/mol. The van der Waals surface area contributed by atoms with E-state index in [0.29, 0.717) is 5.82 Å². The molecule has 2 aromatic heterocycles. The molecule has 3 rings (SSSR count). The number of hydrogen-bond acceptors (Lipinski definition) is 3. The lowest BCUT2D eigenvalue weighted by Crippen LogP contribution is -1.98. The summed E-state index contributed by atoms with van der Waals surface area (Å²) in [7, 11) is 1.88. The van der Waals surface area contributed by atoms with Gasteiger partial charge in [-0.1, -0.05) is 18.2 Å². The topological polar surface area (TPSA) is 43.8 Å². The zero-order valence-electron chi connectivity index (χ0n) is 12.1. The molecule has 1 aromatic carbocycles. The van der Waals surface area contributed by atoms with E-state index in [-0.39, 0.29) is 0 Å². The van der Waals surface area contributed by atoms with E-state index >= 15 is 0 Å². The average Bonchev–Trinajstić information content (AvgIpc) is 2.98. The van der Waals surface area contributed by atoms with Crippen LogP contribution in [0.5, 0.6) is 0 Å². The Labute approximate surface area is 136 Å². The number of anilines is 1. The molecule has 0 saturated heterocycles. The molecule has 3 nitrogen and oxygen atoms in total. The van der Waals surface area contributed by atoms with Gasteiger partial charge >= 0.3 is 0 Å². The van der Waals surface area contributed by atoms with Crippen molar-refractivity contribution in [3.05, 3.63) is 45.2 Å². The molecule has 0 atom stereocenters. The van der Waals surface area contributed by atoms with Crippen LogP contribution in [0.25, 0.3) is 21.7 Å². The summed E-state index contributed by atoms with van der Waals surface area (Å²) in [4.78, 5) is 1.11. The summed E-state index contributed by atoms with van der Waals surface area (Å²) in [6, 6.07) is 8.45. The van der Waals surface area contributed by atoms with Crippen molar-refractivity contribution in [3.63, 3.8) is 0 Å². The van der Waals surface area contributed by atoms with Crippen LogP contribution in [-0.4, -0.2) is 9.78 Å². The molecule has 0 bridgehead atoms. The monoisotopic (exact) mass is 361 g/mol. The Bertz CT molecular complexity index is 817. The van der Waals surface area contributed by atoms with Gasteiger partial charge in [0.1, 0.15) is 11.5 Å². The number of nitrogens with two attached hydrogens (primary N) is 1. The molecule has 0 unspecified atom stereocenters. The maximum absolute atomic E-state index is 6.27. The fourth-order valence-electron chi connectivity index (χ4n) is 2.34. The molecule has 5 heteroatoms. The van der Waals surface area contributed by atoms with Crippen molar-refractivity contribution in [1.82, 2.24) is 9.78 Å². The quantitative estimate of drug-likeness (QED) is 0.713. The first kappa shape index (κ1) is 14.4. The van der Waals surface area contributed by atoms with Gasteiger partial charge in [0.15, 0.2) is 0 Å². The van der Waals surface area contributed by atoms with E-state index in [2.05, 4.69) is 58.5 Å². The predicted octanol–water partition coefficient (Wildman–Crippen LogP) is 4.78. The molecule has 0 aliphatic carbocycles. The van der Waals surface area contributed by atoms with Crippen molar-refractivity contribution in [2.24, 2.45) is 7.05 Å². The molecule has 0 aliphatic rings. The minimum absolute atomic E-state index is 0.688. The SMILES string of the molecule is Cc1ccc(-c2c(-c3sccc3Br)nn(C)c2N)cc1C. The summed E-state index contributed by atoms with van der Waals surface area (Å²) in [5.74, 6) is 0.688. The lowest BCUT2D eigenvalue weighted by atomic mass is 10.00. The molecule has 2 heterocycles. The van der Waals surface area contributed by atoms with E-state index in [1.807, 2.05) is 13.1 Å². The minimum atomic E-state index is 0.688. The van der Waals surface area contributed by atoms with Crippen molar-refractivity contribution in [2.45, 2.75) is 13.8 Å². The maximum atomic E-state index is 6.27. The lowest BCUT2D eigenvalue weighted by molar-refractivity contribution is 0.783. The van der Waals surface area contributed by atoms with Crippen LogP contribution in [0.4, 0.5) is 5.82 Å². The summed E-state index contributed by atoms with van der Waals surface area (Å²) in [5, 5.41) is 6.66. The van der Waals surface area contributed by atoms with Crippen molar-refractivity contribution >= 4 is 33.1 Å². The number of benzene rings is 1. The summed E-state index contributed by atoms with van der Waals surface area (Å²) in [6.07, 6.45) is 0. The third-order valence-corrected chi connectivity index (χ3v) is 5.56. The van der Waals surface area contributed by atoms with Gasteiger partial charge in [-0.2, -0.15) is 5.10 Å². The Morgan fingerprint density at radius 1 is 1.19 bits per heavy atom. The first-order valence-electron chi connectivity index (χ1n) is 6.62. The molecule has 0 spiro atoms. The lowest BCUT2D eigenvalue weighted by Gasteiger charge is -2.07. The highest BCUT2D eigenvalue weighted by Gasteiger charge is 2.20. The maximum Gasteiger partial charge on any atom is 0.129 e. The first-order valence-corrected chi connectivity index (χ1v) is 8.29. The van der Waals surface area contributed by atoms with E-state index in [9.17, 15) is 0 Å². The highest BCUT2D eigenvalue weighted by molar-refractivity contribution is 9.10. The minimum Gasteiger partial charge on any atom is -0.383 e. The van der Waals surface area contributed by atoms with Crippen LogP contribution in [0, 0.1) is 13.8 Å². The molecule has 0 aliphatic heterocycles. The Hall–Kier alpha value is -1.59. The van der Waals surface area contributed by atoms with E-state index < -0.39 is 0 Å². The van der Waals surface area contributed by atoms with Gasteiger partial charge in [-0.3, -0.25) is 4.68 Å². The van der Waals surface area contributed by atoms with E-state index in [4.69, 9.17) is 5.73 Å². The highest BCUT2D eigenvalue weighted by atomic mass is 79.9. The van der Waals surface area contributed by atoms with Gasteiger partial charge in [-0.25, -0.2) is 0 Å². The Balaban J connectivity index is 2.27. The normalized spacial score (nSPS) is 11.0. The number of halogens is 1. The molecule has 0 amide bonds. The molecule has 0 fully saturated rings. The van der Waals surface area contributed by atoms with Gasteiger partial charge in [0.05, 0.1) is 10.4 Å². The number of hydrogen-bond donors (Lipinski definition) is 1. The zero-order valence-corrected chi connectivity index (χ0v) is 14.5. The van der Waals surface area contributed by atoms with E-state index in [0.717, 1.165) is 26.2 Å². The second-order valence-corrected chi connectivity index (χ2v) is 6.90. The van der Waals surface area contributed by atoms with Crippen molar-refractivity contribution in [3.8, 4) is 21.7 Å². The van der Waals surface area contributed by atoms with E-state index in [1.165, 1.54) is 11.1 Å². The summed E-state index contributed by atoms with van der Waals surface area (Å²) in [6.45, 7) is 4.23. The van der Waals surface area contributed by atoms with Crippen LogP contribution >= 0.6 is 27.3 Å². The van der Waals surface area contributed by atoms with Crippen LogP contribution in [0.2, 0.25) is 0 Å². The second-order valence-electron chi connectivity index (χ2n) is 5.13. The Kier molecular flexibility index (Phi) is 3.63. The zero-order chi connectivity index (χ0) is 15.1. The fraction of sp³-hybridized carbons (Fsp3) is 0.188. The summed E-state index contributed by atoms with van der Waals surface area (Å²) < 4.78 is 2.79. The molecule has 0 radical (unpaired) electrons. The fourth-order valence-corrected chi connectivity index (χ4v) is 3.89. The molecule has 108 valence electrons. The van der Waals surface area contributed by atoms with Gasteiger partial charge in [0, 0.05) is 11.5 Å². The highest BCUT2D eigenvalue weighted by Crippen LogP contribution is 2.41. The van der Waals surface area contributed by atoms with Gasteiger partial charge in [0.2, 0.25) is 0 Å². The van der Waals surface area contributed by atoms with E-state index in [1.54, 1.807) is 16.0 Å².